The van der Waals surface area contributed by atoms with Crippen molar-refractivity contribution in [2.75, 3.05) is 11.5 Å². The molecular weight excluding hydrogens is 331 g/mol. The van der Waals surface area contributed by atoms with Crippen LogP contribution in [0, 0.1) is 5.82 Å². The summed E-state index contributed by atoms with van der Waals surface area (Å²) in [5, 5.41) is 4.12. The number of benzene rings is 1. The van der Waals surface area contributed by atoms with Crippen molar-refractivity contribution in [3.05, 3.63) is 53.6 Å². The molecule has 0 aliphatic rings. The van der Waals surface area contributed by atoms with Crippen molar-refractivity contribution in [1.29, 1.82) is 0 Å². The molecule has 1 heterocycles. The van der Waals surface area contributed by atoms with E-state index >= 15 is 0 Å². The van der Waals surface area contributed by atoms with Crippen molar-refractivity contribution in [1.82, 2.24) is 9.78 Å². The number of rotatable bonds is 8. The minimum absolute atomic E-state index is 0.0771. The Kier molecular flexibility index (Phi) is 6.72. The molecule has 1 aromatic heterocycles. The molecule has 0 saturated carbocycles. The first-order valence-electron chi connectivity index (χ1n) is 7.65. The molecule has 6 heteroatoms. The normalized spacial score (nSPS) is 12.6. The molecule has 2 rings (SSSR count). The van der Waals surface area contributed by atoms with Gasteiger partial charge in [-0.15, -0.1) is 23.5 Å². The molecule has 0 aliphatic carbocycles. The van der Waals surface area contributed by atoms with Crippen molar-refractivity contribution in [3.8, 4) is 0 Å². The molecular formula is C17H21FN2OS2. The lowest BCUT2D eigenvalue weighted by Crippen LogP contribution is -2.23. The van der Waals surface area contributed by atoms with Crippen LogP contribution in [-0.4, -0.2) is 31.7 Å². The lowest BCUT2D eigenvalue weighted by molar-refractivity contribution is 0.0995. The number of nitrogens with zero attached hydrogens (tertiary/aromatic N) is 2. The molecule has 0 N–H and O–H groups in total. The van der Waals surface area contributed by atoms with E-state index in [9.17, 15) is 9.18 Å². The Balaban J connectivity index is 2.36. The van der Waals surface area contributed by atoms with Gasteiger partial charge in [-0.2, -0.15) is 5.10 Å². The first kappa shape index (κ1) is 18.1. The van der Waals surface area contributed by atoms with E-state index in [1.807, 2.05) is 51.1 Å². The van der Waals surface area contributed by atoms with Gasteiger partial charge in [0.15, 0.2) is 5.82 Å². The van der Waals surface area contributed by atoms with Crippen LogP contribution < -0.4 is 0 Å². The molecule has 0 fully saturated rings. The Morgan fingerprint density at radius 2 is 1.83 bits per heavy atom. The minimum atomic E-state index is -0.545. The van der Waals surface area contributed by atoms with Gasteiger partial charge in [-0.1, -0.05) is 44.2 Å². The SMILES string of the molecule is CCSC(SCC)C(=O)c1c(F)cnn1[C@H](C)c1ccccc1. The Morgan fingerprint density at radius 1 is 1.22 bits per heavy atom. The first-order chi connectivity index (χ1) is 11.1. The van der Waals surface area contributed by atoms with Gasteiger partial charge >= 0.3 is 0 Å². The highest BCUT2D eigenvalue weighted by Gasteiger charge is 2.28. The summed E-state index contributed by atoms with van der Waals surface area (Å²) in [6, 6.07) is 9.50. The van der Waals surface area contributed by atoms with Crippen LogP contribution in [0.25, 0.3) is 0 Å². The second-order valence-electron chi connectivity index (χ2n) is 4.98. The molecule has 0 unspecified atom stereocenters. The molecule has 0 radical (unpaired) electrons. The van der Waals surface area contributed by atoms with Gasteiger partial charge in [0.25, 0.3) is 0 Å². The van der Waals surface area contributed by atoms with Crippen molar-refractivity contribution < 1.29 is 9.18 Å². The zero-order valence-electron chi connectivity index (χ0n) is 13.5. The number of thioether (sulfide) groups is 2. The number of ketones is 1. The van der Waals surface area contributed by atoms with Crippen LogP contribution in [0.5, 0.6) is 0 Å². The van der Waals surface area contributed by atoms with E-state index in [1.165, 1.54) is 28.2 Å². The summed E-state index contributed by atoms with van der Waals surface area (Å²) in [6.07, 6.45) is 1.14. The number of aromatic nitrogens is 2. The molecule has 3 nitrogen and oxygen atoms in total. The summed E-state index contributed by atoms with van der Waals surface area (Å²) in [6.45, 7) is 5.93. The third-order valence-electron chi connectivity index (χ3n) is 3.48. The highest BCUT2D eigenvalue weighted by Crippen LogP contribution is 2.29. The smallest absolute Gasteiger partial charge is 0.206 e. The number of carbonyl (C=O) groups excluding carboxylic acids is 1. The predicted octanol–water partition coefficient (Wildman–Crippen LogP) is 4.65. The molecule has 2 aromatic rings. The van der Waals surface area contributed by atoms with Gasteiger partial charge in [-0.05, 0) is 24.0 Å². The molecule has 1 atom stereocenters. The summed E-state index contributed by atoms with van der Waals surface area (Å²) in [7, 11) is 0. The maximum atomic E-state index is 14.3. The number of halogens is 1. The molecule has 0 spiro atoms. The molecule has 1 aromatic carbocycles. The van der Waals surface area contributed by atoms with Gasteiger partial charge in [0.1, 0.15) is 10.3 Å². The average molecular weight is 353 g/mol. The van der Waals surface area contributed by atoms with E-state index in [2.05, 4.69) is 5.10 Å². The van der Waals surface area contributed by atoms with Gasteiger partial charge in [0.2, 0.25) is 5.78 Å². The fourth-order valence-corrected chi connectivity index (χ4v) is 4.68. The number of Topliss-reactive ketones (excluding diaryl/α,β-unsaturated/α-hetero) is 1. The van der Waals surface area contributed by atoms with Gasteiger partial charge in [-0.3, -0.25) is 9.48 Å². The molecule has 0 aliphatic heterocycles. The van der Waals surface area contributed by atoms with Crippen LogP contribution in [-0.2, 0) is 0 Å². The fourth-order valence-electron chi connectivity index (χ4n) is 2.35. The fraction of sp³-hybridized carbons (Fsp3) is 0.412. The van der Waals surface area contributed by atoms with Crippen LogP contribution in [0.4, 0.5) is 4.39 Å². The van der Waals surface area contributed by atoms with E-state index in [4.69, 9.17) is 0 Å². The van der Waals surface area contributed by atoms with Crippen LogP contribution in [0.15, 0.2) is 36.5 Å². The highest BCUT2D eigenvalue weighted by molar-refractivity contribution is 8.18. The first-order valence-corrected chi connectivity index (χ1v) is 9.75. The second kappa shape index (κ2) is 8.55. The van der Waals surface area contributed by atoms with E-state index in [-0.39, 0.29) is 22.1 Å². The minimum Gasteiger partial charge on any atom is -0.290 e. The molecule has 23 heavy (non-hydrogen) atoms. The Labute approximate surface area is 145 Å². The zero-order chi connectivity index (χ0) is 16.8. The van der Waals surface area contributed by atoms with Crippen molar-refractivity contribution in [3.63, 3.8) is 0 Å². The average Bonchev–Trinajstić information content (AvgIpc) is 2.95. The Morgan fingerprint density at radius 3 is 2.39 bits per heavy atom. The Bertz CT molecular complexity index is 639. The number of carbonyl (C=O) groups is 1. The second-order valence-corrected chi connectivity index (χ2v) is 8.04. The maximum Gasteiger partial charge on any atom is 0.206 e. The van der Waals surface area contributed by atoms with Crippen molar-refractivity contribution in [2.24, 2.45) is 0 Å². The van der Waals surface area contributed by atoms with Gasteiger partial charge in [0.05, 0.1) is 12.2 Å². The van der Waals surface area contributed by atoms with Gasteiger partial charge in [-0.25, -0.2) is 4.39 Å². The summed E-state index contributed by atoms with van der Waals surface area (Å²) in [5.74, 6) is 0.888. The quantitative estimate of drug-likeness (QED) is 0.512. The topological polar surface area (TPSA) is 34.9 Å². The largest absolute Gasteiger partial charge is 0.290 e. The molecule has 0 amide bonds. The van der Waals surface area contributed by atoms with Crippen LogP contribution in [0.3, 0.4) is 0 Å². The number of hydrogen-bond acceptors (Lipinski definition) is 4. The van der Waals surface area contributed by atoms with E-state index in [0.29, 0.717) is 0 Å². The maximum absolute atomic E-state index is 14.3. The zero-order valence-corrected chi connectivity index (χ0v) is 15.2. The lowest BCUT2D eigenvalue weighted by atomic mass is 10.1. The summed E-state index contributed by atoms with van der Waals surface area (Å²) < 4.78 is 15.5. The van der Waals surface area contributed by atoms with Crippen LogP contribution in [0.2, 0.25) is 0 Å². The molecule has 0 bridgehead atoms. The van der Waals surface area contributed by atoms with Gasteiger partial charge in [0, 0.05) is 0 Å². The third-order valence-corrected chi connectivity index (χ3v) is 6.00. The Hall–Kier alpha value is -1.27. The van der Waals surface area contributed by atoms with E-state index in [1.54, 1.807) is 0 Å². The standard InChI is InChI=1S/C17H21FN2OS2/c1-4-22-17(23-5-2)16(21)15-14(18)11-19-20(15)12(3)13-9-7-6-8-10-13/h6-12,17H,4-5H2,1-3H3/t12-/m1/s1. The van der Waals surface area contributed by atoms with Crippen molar-refractivity contribution >= 4 is 29.3 Å². The molecule has 124 valence electrons. The summed E-state index contributed by atoms with van der Waals surface area (Å²) >= 11 is 3.08. The van der Waals surface area contributed by atoms with Crippen LogP contribution in [0.1, 0.15) is 42.9 Å². The monoisotopic (exact) mass is 352 g/mol. The van der Waals surface area contributed by atoms with E-state index < -0.39 is 5.82 Å². The molecule has 0 saturated heterocycles. The van der Waals surface area contributed by atoms with Crippen molar-refractivity contribution in [2.45, 2.75) is 31.4 Å². The van der Waals surface area contributed by atoms with Crippen LogP contribution >= 0.6 is 23.5 Å². The summed E-state index contributed by atoms with van der Waals surface area (Å²) in [5.41, 5.74) is 1.07. The van der Waals surface area contributed by atoms with Gasteiger partial charge < -0.3 is 0 Å². The predicted molar refractivity (Wildman–Crippen MR) is 96.8 cm³/mol. The van der Waals surface area contributed by atoms with E-state index in [0.717, 1.165) is 23.3 Å². The summed E-state index contributed by atoms with van der Waals surface area (Å²) in [4.78, 5) is 12.8. The lowest BCUT2D eigenvalue weighted by Gasteiger charge is -2.18. The number of hydrogen-bond donors (Lipinski definition) is 0. The highest BCUT2D eigenvalue weighted by atomic mass is 32.2. The third kappa shape index (κ3) is 4.18.